The summed E-state index contributed by atoms with van der Waals surface area (Å²) in [7, 11) is 2.00. The first-order valence-electron chi connectivity index (χ1n) is 6.02. The van der Waals surface area contributed by atoms with Gasteiger partial charge in [-0.15, -0.1) is 0 Å². The van der Waals surface area contributed by atoms with E-state index in [0.29, 0.717) is 6.04 Å². The average molecular weight is 228 g/mol. The van der Waals surface area contributed by atoms with Crippen LogP contribution in [0.25, 0.3) is 11.0 Å². The van der Waals surface area contributed by atoms with Crippen LogP contribution in [0, 0.1) is 0 Å². The molecule has 0 aliphatic heterocycles. The lowest BCUT2D eigenvalue weighted by molar-refractivity contribution is 0.643. The molecule has 17 heavy (non-hydrogen) atoms. The minimum Gasteiger partial charge on any atom is -0.365 e. The van der Waals surface area contributed by atoms with Crippen LogP contribution < -0.4 is 5.32 Å². The number of allylic oxidation sites excluding steroid dienone is 1. The number of hydrogen-bond acceptors (Lipinski definition) is 3. The van der Waals surface area contributed by atoms with Crippen LogP contribution in [0.2, 0.25) is 0 Å². The molecule has 0 saturated carbocycles. The summed E-state index contributed by atoms with van der Waals surface area (Å²) in [5, 5.41) is 3.50. The van der Waals surface area contributed by atoms with Crippen molar-refractivity contribution in [1.82, 2.24) is 14.5 Å². The molecule has 1 aliphatic carbocycles. The van der Waals surface area contributed by atoms with E-state index in [1.165, 1.54) is 6.42 Å². The second-order valence-electron chi connectivity index (χ2n) is 4.51. The van der Waals surface area contributed by atoms with Crippen molar-refractivity contribution in [2.24, 2.45) is 7.05 Å². The van der Waals surface area contributed by atoms with Gasteiger partial charge in [-0.3, -0.25) is 0 Å². The molecule has 1 N–H and O–H groups in total. The zero-order valence-electron chi connectivity index (χ0n) is 9.93. The van der Waals surface area contributed by atoms with E-state index in [2.05, 4.69) is 27.4 Å². The zero-order valence-corrected chi connectivity index (χ0v) is 9.93. The molecule has 4 nitrogen and oxygen atoms in total. The first-order valence-corrected chi connectivity index (χ1v) is 6.02. The number of rotatable bonds is 2. The van der Waals surface area contributed by atoms with Crippen molar-refractivity contribution in [3.63, 3.8) is 0 Å². The summed E-state index contributed by atoms with van der Waals surface area (Å²) < 4.78 is 2.02. The Hall–Kier alpha value is -1.84. The third kappa shape index (κ3) is 1.90. The van der Waals surface area contributed by atoms with Gasteiger partial charge in [0.1, 0.15) is 5.52 Å². The standard InChI is InChI=1S/C13H16N4/c1-17-9-15-12-11(17)7-8-14-13(12)16-10-5-3-2-4-6-10/h2-3,7-10H,4-6H2,1H3,(H,14,16). The van der Waals surface area contributed by atoms with Crippen molar-refractivity contribution in [3.8, 4) is 0 Å². The third-order valence-electron chi connectivity index (χ3n) is 3.25. The van der Waals surface area contributed by atoms with Gasteiger partial charge in [-0.05, 0) is 25.3 Å². The zero-order chi connectivity index (χ0) is 11.7. The van der Waals surface area contributed by atoms with Crippen molar-refractivity contribution in [2.75, 3.05) is 5.32 Å². The number of aromatic nitrogens is 3. The monoisotopic (exact) mass is 228 g/mol. The van der Waals surface area contributed by atoms with Crippen LogP contribution in [0.5, 0.6) is 0 Å². The summed E-state index contributed by atoms with van der Waals surface area (Å²) in [4.78, 5) is 8.81. The van der Waals surface area contributed by atoms with Gasteiger partial charge >= 0.3 is 0 Å². The molecule has 0 aromatic carbocycles. The minimum atomic E-state index is 0.486. The highest BCUT2D eigenvalue weighted by Crippen LogP contribution is 2.22. The largest absolute Gasteiger partial charge is 0.365 e. The third-order valence-corrected chi connectivity index (χ3v) is 3.25. The van der Waals surface area contributed by atoms with Gasteiger partial charge in [0.25, 0.3) is 0 Å². The minimum absolute atomic E-state index is 0.486. The van der Waals surface area contributed by atoms with E-state index in [1.54, 1.807) is 0 Å². The molecule has 2 heterocycles. The first-order chi connectivity index (χ1) is 8.34. The lowest BCUT2D eigenvalue weighted by Gasteiger charge is -2.19. The molecule has 2 aromatic rings. The molecule has 0 radical (unpaired) electrons. The Morgan fingerprint density at radius 1 is 1.35 bits per heavy atom. The number of pyridine rings is 1. The number of imidazole rings is 1. The summed E-state index contributed by atoms with van der Waals surface area (Å²) in [6.45, 7) is 0. The van der Waals surface area contributed by atoms with E-state index in [9.17, 15) is 0 Å². The van der Waals surface area contributed by atoms with E-state index in [1.807, 2.05) is 30.2 Å². The van der Waals surface area contributed by atoms with Crippen LogP contribution in [-0.4, -0.2) is 20.6 Å². The highest BCUT2D eigenvalue weighted by molar-refractivity contribution is 5.85. The number of anilines is 1. The quantitative estimate of drug-likeness (QED) is 0.803. The van der Waals surface area contributed by atoms with Gasteiger partial charge in [0, 0.05) is 19.3 Å². The molecule has 1 aliphatic rings. The molecule has 0 fully saturated rings. The second-order valence-corrected chi connectivity index (χ2v) is 4.51. The number of nitrogens with zero attached hydrogens (tertiary/aromatic N) is 3. The van der Waals surface area contributed by atoms with Crippen molar-refractivity contribution < 1.29 is 0 Å². The number of hydrogen-bond donors (Lipinski definition) is 1. The lowest BCUT2D eigenvalue weighted by atomic mass is 10.0. The molecule has 88 valence electrons. The fourth-order valence-electron chi connectivity index (χ4n) is 2.29. The van der Waals surface area contributed by atoms with Crippen molar-refractivity contribution >= 4 is 16.9 Å². The Balaban J connectivity index is 1.92. The summed E-state index contributed by atoms with van der Waals surface area (Å²) in [6, 6.07) is 2.48. The van der Waals surface area contributed by atoms with Gasteiger partial charge in [0.05, 0.1) is 11.8 Å². The maximum atomic E-state index is 4.40. The highest BCUT2D eigenvalue weighted by Gasteiger charge is 2.13. The maximum Gasteiger partial charge on any atom is 0.154 e. The summed E-state index contributed by atoms with van der Waals surface area (Å²) in [6.07, 6.45) is 11.5. The first kappa shape index (κ1) is 10.3. The van der Waals surface area contributed by atoms with Crippen LogP contribution in [0.3, 0.4) is 0 Å². The Kier molecular flexibility index (Phi) is 2.55. The van der Waals surface area contributed by atoms with E-state index in [0.717, 1.165) is 29.7 Å². The lowest BCUT2D eigenvalue weighted by Crippen LogP contribution is -2.21. The fourth-order valence-corrected chi connectivity index (χ4v) is 2.29. The number of aryl methyl sites for hydroxylation is 1. The molecule has 4 heteroatoms. The number of fused-ring (bicyclic) bond motifs is 1. The Bertz CT molecular complexity index is 556. The highest BCUT2D eigenvalue weighted by atomic mass is 15.1. The smallest absolute Gasteiger partial charge is 0.154 e. The molecule has 0 amide bonds. The predicted molar refractivity (Wildman–Crippen MR) is 68.9 cm³/mol. The van der Waals surface area contributed by atoms with E-state index < -0.39 is 0 Å². The topological polar surface area (TPSA) is 42.7 Å². The number of nitrogens with one attached hydrogen (secondary N) is 1. The maximum absolute atomic E-state index is 4.40. The van der Waals surface area contributed by atoms with Gasteiger partial charge < -0.3 is 9.88 Å². The van der Waals surface area contributed by atoms with Gasteiger partial charge in [0.15, 0.2) is 5.82 Å². The molecule has 0 bridgehead atoms. The molecule has 1 unspecified atom stereocenters. The van der Waals surface area contributed by atoms with E-state index in [4.69, 9.17) is 0 Å². The van der Waals surface area contributed by atoms with E-state index in [-0.39, 0.29) is 0 Å². The van der Waals surface area contributed by atoms with Crippen LogP contribution in [0.4, 0.5) is 5.82 Å². The summed E-state index contributed by atoms with van der Waals surface area (Å²) in [5.41, 5.74) is 2.08. The Morgan fingerprint density at radius 2 is 2.29 bits per heavy atom. The molecule has 1 atom stereocenters. The normalized spacial score (nSPS) is 19.7. The second kappa shape index (κ2) is 4.20. The molecule has 3 rings (SSSR count). The average Bonchev–Trinajstić information content (AvgIpc) is 2.74. The summed E-state index contributed by atoms with van der Waals surface area (Å²) >= 11 is 0. The molecular formula is C13H16N4. The SMILES string of the molecule is Cn1cnc2c(NC3CC=CCC3)nccc21. The molecule has 2 aromatic heterocycles. The molecule has 0 saturated heterocycles. The Labute approximate surface area is 100 Å². The van der Waals surface area contributed by atoms with Gasteiger partial charge in [-0.1, -0.05) is 12.2 Å². The van der Waals surface area contributed by atoms with Crippen LogP contribution >= 0.6 is 0 Å². The predicted octanol–water partition coefficient (Wildman–Crippen LogP) is 2.49. The van der Waals surface area contributed by atoms with Gasteiger partial charge in [-0.2, -0.15) is 0 Å². The van der Waals surface area contributed by atoms with Crippen LogP contribution in [0.1, 0.15) is 19.3 Å². The fraction of sp³-hybridized carbons (Fsp3) is 0.385. The van der Waals surface area contributed by atoms with Crippen molar-refractivity contribution in [1.29, 1.82) is 0 Å². The Morgan fingerprint density at radius 3 is 3.12 bits per heavy atom. The van der Waals surface area contributed by atoms with E-state index >= 15 is 0 Å². The molecule has 0 spiro atoms. The molecular weight excluding hydrogens is 212 g/mol. The van der Waals surface area contributed by atoms with Gasteiger partial charge in [-0.25, -0.2) is 9.97 Å². The van der Waals surface area contributed by atoms with Crippen LogP contribution in [-0.2, 0) is 7.05 Å². The van der Waals surface area contributed by atoms with Crippen molar-refractivity contribution in [3.05, 3.63) is 30.7 Å². The van der Waals surface area contributed by atoms with Crippen LogP contribution in [0.15, 0.2) is 30.7 Å². The van der Waals surface area contributed by atoms with Gasteiger partial charge in [0.2, 0.25) is 0 Å². The van der Waals surface area contributed by atoms with Crippen molar-refractivity contribution in [2.45, 2.75) is 25.3 Å². The summed E-state index contributed by atoms with van der Waals surface area (Å²) in [5.74, 6) is 0.906.